The molecular weight excluding hydrogens is 120 g/mol. The molecule has 0 N–H and O–H groups in total. The molecule has 0 aromatic rings. The zero-order valence-corrected chi connectivity index (χ0v) is 7.41. The van der Waals surface area contributed by atoms with Gasteiger partial charge in [-0.3, -0.25) is 0 Å². The summed E-state index contributed by atoms with van der Waals surface area (Å²) in [6.45, 7) is 6.88. The second kappa shape index (κ2) is 3.23. The minimum Gasteiger partial charge on any atom is -0.0738 e. The van der Waals surface area contributed by atoms with Crippen molar-refractivity contribution < 1.29 is 0 Å². The Kier molecular flexibility index (Phi) is 2.53. The zero-order valence-electron chi connectivity index (χ0n) is 7.41. The van der Waals surface area contributed by atoms with E-state index < -0.39 is 0 Å². The summed E-state index contributed by atoms with van der Waals surface area (Å²) in [4.78, 5) is 0. The number of hydrogen-bond donors (Lipinski definition) is 0. The van der Waals surface area contributed by atoms with E-state index in [9.17, 15) is 0 Å². The van der Waals surface area contributed by atoms with Gasteiger partial charge in [-0.2, -0.15) is 0 Å². The van der Waals surface area contributed by atoms with Crippen LogP contribution in [0.15, 0.2) is 11.1 Å². The highest BCUT2D eigenvalue weighted by atomic mass is 14.2. The molecule has 0 aromatic carbocycles. The number of allylic oxidation sites excluding steroid dienone is 2. The first-order chi connectivity index (χ1) is 4.70. The van der Waals surface area contributed by atoms with Crippen molar-refractivity contribution in [2.45, 2.75) is 46.5 Å². The molecule has 10 heavy (non-hydrogen) atoms. The van der Waals surface area contributed by atoms with E-state index in [2.05, 4.69) is 20.8 Å². The molecule has 0 heteroatoms. The largest absolute Gasteiger partial charge is 0.0738 e. The molecule has 1 aliphatic carbocycles. The highest BCUT2D eigenvalue weighted by Gasteiger charge is 2.12. The van der Waals surface area contributed by atoms with Crippen LogP contribution in [0, 0.1) is 5.92 Å². The minimum atomic E-state index is 0.876. The fraction of sp³-hybridized carbons (Fsp3) is 0.800. The van der Waals surface area contributed by atoms with E-state index in [-0.39, 0.29) is 0 Å². The Labute approximate surface area is 64.3 Å². The Morgan fingerprint density at radius 1 is 1.30 bits per heavy atom. The fourth-order valence-corrected chi connectivity index (χ4v) is 1.35. The molecule has 0 amide bonds. The summed E-state index contributed by atoms with van der Waals surface area (Å²) in [7, 11) is 0. The van der Waals surface area contributed by atoms with E-state index in [4.69, 9.17) is 0 Å². The predicted octanol–water partition coefficient (Wildman–Crippen LogP) is 3.53. The molecule has 0 radical (unpaired) electrons. The average Bonchev–Trinajstić information content (AvgIpc) is 1.84. The van der Waals surface area contributed by atoms with Crippen LogP contribution >= 0.6 is 0 Å². The van der Waals surface area contributed by atoms with Crippen molar-refractivity contribution in [2.75, 3.05) is 0 Å². The lowest BCUT2D eigenvalue weighted by Gasteiger charge is -2.21. The third kappa shape index (κ3) is 1.86. The van der Waals surface area contributed by atoms with Gasteiger partial charge in [-0.15, -0.1) is 0 Å². The third-order valence-corrected chi connectivity index (χ3v) is 2.43. The van der Waals surface area contributed by atoms with Gasteiger partial charge in [0.15, 0.2) is 0 Å². The third-order valence-electron chi connectivity index (χ3n) is 2.43. The molecule has 58 valence electrons. The summed E-state index contributed by atoms with van der Waals surface area (Å²) in [6.07, 6.45) is 5.50. The molecule has 0 atom stereocenters. The van der Waals surface area contributed by atoms with Crippen LogP contribution in [-0.4, -0.2) is 0 Å². The molecule has 1 rings (SSSR count). The van der Waals surface area contributed by atoms with Crippen LogP contribution in [0.1, 0.15) is 46.5 Å². The van der Waals surface area contributed by atoms with E-state index >= 15 is 0 Å². The lowest BCUT2D eigenvalue weighted by atomic mass is 9.85. The van der Waals surface area contributed by atoms with E-state index in [0.717, 1.165) is 5.92 Å². The molecule has 0 saturated heterocycles. The van der Waals surface area contributed by atoms with Gasteiger partial charge in [-0.05, 0) is 38.5 Å². The smallest absolute Gasteiger partial charge is 0.0280 e. The van der Waals surface area contributed by atoms with Gasteiger partial charge in [0, 0.05) is 0 Å². The van der Waals surface area contributed by atoms with Gasteiger partial charge < -0.3 is 0 Å². The summed E-state index contributed by atoms with van der Waals surface area (Å²) in [5.74, 6) is 0.876. The standard InChI is InChI=1S/C10H18/c1-8(2)4-6-10-7-5-9(10)3/h8H,4-7H2,1-3H3. The normalized spacial score (nSPS) is 18.0. The van der Waals surface area contributed by atoms with Crippen LogP contribution in [-0.2, 0) is 0 Å². The maximum Gasteiger partial charge on any atom is -0.0280 e. The maximum absolute atomic E-state index is 2.30. The van der Waals surface area contributed by atoms with Gasteiger partial charge in [0.25, 0.3) is 0 Å². The highest BCUT2D eigenvalue weighted by molar-refractivity contribution is 5.21. The molecule has 0 nitrogen and oxygen atoms in total. The Hall–Kier alpha value is -0.260. The summed E-state index contributed by atoms with van der Waals surface area (Å²) in [6, 6.07) is 0. The topological polar surface area (TPSA) is 0 Å². The Morgan fingerprint density at radius 3 is 2.30 bits per heavy atom. The van der Waals surface area contributed by atoms with Crippen molar-refractivity contribution in [2.24, 2.45) is 5.92 Å². The van der Waals surface area contributed by atoms with Crippen molar-refractivity contribution in [3.8, 4) is 0 Å². The quantitative estimate of drug-likeness (QED) is 0.523. The van der Waals surface area contributed by atoms with Crippen LogP contribution in [0.4, 0.5) is 0 Å². The van der Waals surface area contributed by atoms with E-state index in [0.29, 0.717) is 0 Å². The van der Waals surface area contributed by atoms with Crippen molar-refractivity contribution in [1.82, 2.24) is 0 Å². The van der Waals surface area contributed by atoms with Gasteiger partial charge in [0.1, 0.15) is 0 Å². The van der Waals surface area contributed by atoms with Crippen molar-refractivity contribution in [3.05, 3.63) is 11.1 Å². The van der Waals surface area contributed by atoms with Gasteiger partial charge in [-0.1, -0.05) is 25.0 Å². The molecule has 0 heterocycles. The molecule has 0 aromatic heterocycles. The van der Waals surface area contributed by atoms with Crippen LogP contribution in [0.25, 0.3) is 0 Å². The van der Waals surface area contributed by atoms with Crippen molar-refractivity contribution >= 4 is 0 Å². The van der Waals surface area contributed by atoms with E-state index in [1.54, 1.807) is 11.1 Å². The SMILES string of the molecule is CC1=C(CCC(C)C)CC1. The van der Waals surface area contributed by atoms with Crippen LogP contribution < -0.4 is 0 Å². The summed E-state index contributed by atoms with van der Waals surface area (Å²) in [5, 5.41) is 0. The van der Waals surface area contributed by atoms with Crippen LogP contribution in [0.5, 0.6) is 0 Å². The first kappa shape index (κ1) is 7.84. The summed E-state index contributed by atoms with van der Waals surface area (Å²) >= 11 is 0. The molecular formula is C10H18. The molecule has 0 aliphatic heterocycles. The van der Waals surface area contributed by atoms with Gasteiger partial charge in [-0.25, -0.2) is 0 Å². The molecule has 0 fully saturated rings. The van der Waals surface area contributed by atoms with Gasteiger partial charge in [0.05, 0.1) is 0 Å². The minimum absolute atomic E-state index is 0.876. The van der Waals surface area contributed by atoms with Crippen molar-refractivity contribution in [1.29, 1.82) is 0 Å². The van der Waals surface area contributed by atoms with E-state index in [1.807, 2.05) is 0 Å². The van der Waals surface area contributed by atoms with E-state index in [1.165, 1.54) is 25.7 Å². The average molecular weight is 138 g/mol. The second-order valence-electron chi connectivity index (χ2n) is 3.82. The van der Waals surface area contributed by atoms with Crippen molar-refractivity contribution in [3.63, 3.8) is 0 Å². The molecule has 1 aliphatic rings. The highest BCUT2D eigenvalue weighted by Crippen LogP contribution is 2.31. The Morgan fingerprint density at radius 2 is 2.00 bits per heavy atom. The Balaban J connectivity index is 2.21. The molecule has 0 saturated carbocycles. The first-order valence-corrected chi connectivity index (χ1v) is 4.37. The first-order valence-electron chi connectivity index (χ1n) is 4.37. The van der Waals surface area contributed by atoms with Gasteiger partial charge >= 0.3 is 0 Å². The van der Waals surface area contributed by atoms with Crippen LogP contribution in [0.2, 0.25) is 0 Å². The number of hydrogen-bond acceptors (Lipinski definition) is 0. The number of rotatable bonds is 3. The predicted molar refractivity (Wildman–Crippen MR) is 46.0 cm³/mol. The maximum atomic E-state index is 2.30. The van der Waals surface area contributed by atoms with Crippen LogP contribution in [0.3, 0.4) is 0 Å². The Bertz CT molecular complexity index is 140. The summed E-state index contributed by atoms with van der Waals surface area (Å²) in [5.41, 5.74) is 3.41. The lowest BCUT2D eigenvalue weighted by Crippen LogP contribution is -2.02. The molecule has 0 spiro atoms. The fourth-order valence-electron chi connectivity index (χ4n) is 1.35. The lowest BCUT2D eigenvalue weighted by molar-refractivity contribution is 0.561. The second-order valence-corrected chi connectivity index (χ2v) is 3.82. The molecule has 0 unspecified atom stereocenters. The molecule has 0 bridgehead atoms. The van der Waals surface area contributed by atoms with Gasteiger partial charge in [0.2, 0.25) is 0 Å². The zero-order chi connectivity index (χ0) is 7.56. The summed E-state index contributed by atoms with van der Waals surface area (Å²) < 4.78 is 0. The monoisotopic (exact) mass is 138 g/mol.